The smallest absolute Gasteiger partial charge is 0.408 e. The standard InChI is InChI=1S/C20H41N5O2/c1-16-9-13-25(14-10-16)12-8-11-22-17(21-7)23-15-20(5,6)24-18(26)27-19(2,3)4/h16H,8-15H2,1-7H3,(H,24,26)(H2,21,22,23). The van der Waals surface area contributed by atoms with Crippen molar-refractivity contribution in [3.8, 4) is 0 Å². The molecule has 0 saturated carbocycles. The number of hydrogen-bond acceptors (Lipinski definition) is 4. The summed E-state index contributed by atoms with van der Waals surface area (Å²) in [6.07, 6.45) is 3.31. The average molecular weight is 384 g/mol. The second-order valence-corrected chi connectivity index (χ2v) is 9.24. The topological polar surface area (TPSA) is 78.0 Å². The third kappa shape index (κ3) is 11.1. The number of likely N-dealkylation sites (tertiary alicyclic amines) is 1. The lowest BCUT2D eigenvalue weighted by Crippen LogP contribution is -2.54. The highest BCUT2D eigenvalue weighted by Gasteiger charge is 2.24. The number of amides is 1. The Hall–Kier alpha value is -1.50. The lowest BCUT2D eigenvalue weighted by Gasteiger charge is -2.30. The van der Waals surface area contributed by atoms with E-state index in [0.717, 1.165) is 31.4 Å². The summed E-state index contributed by atoms with van der Waals surface area (Å²) in [6, 6.07) is 0. The fourth-order valence-corrected chi connectivity index (χ4v) is 2.94. The Morgan fingerprint density at radius 1 is 1.15 bits per heavy atom. The Labute approximate surface area is 165 Å². The van der Waals surface area contributed by atoms with Crippen LogP contribution in [0.15, 0.2) is 4.99 Å². The van der Waals surface area contributed by atoms with Crippen molar-refractivity contribution in [1.82, 2.24) is 20.9 Å². The van der Waals surface area contributed by atoms with E-state index in [1.807, 2.05) is 34.6 Å². The number of aliphatic imine (C=N–C) groups is 1. The molecule has 3 N–H and O–H groups in total. The quantitative estimate of drug-likeness (QED) is 0.358. The molecule has 1 rings (SSSR count). The molecule has 0 radical (unpaired) electrons. The Kier molecular flexibility index (Phi) is 9.36. The molecule has 0 bridgehead atoms. The van der Waals surface area contributed by atoms with Gasteiger partial charge in [0, 0.05) is 20.1 Å². The molecule has 0 spiro atoms. The number of carbonyl (C=O) groups excluding carboxylic acids is 1. The van der Waals surface area contributed by atoms with Crippen LogP contribution in [-0.4, -0.2) is 67.9 Å². The van der Waals surface area contributed by atoms with Crippen molar-refractivity contribution in [3.63, 3.8) is 0 Å². The molecular formula is C20H41N5O2. The highest BCUT2D eigenvalue weighted by atomic mass is 16.6. The van der Waals surface area contributed by atoms with Gasteiger partial charge in [-0.3, -0.25) is 4.99 Å². The summed E-state index contributed by atoms with van der Waals surface area (Å²) in [5, 5.41) is 9.52. The first-order valence-corrected chi connectivity index (χ1v) is 10.2. The SMILES string of the molecule is CN=C(NCCCN1CCC(C)CC1)NCC(C)(C)NC(=O)OC(C)(C)C. The van der Waals surface area contributed by atoms with Crippen LogP contribution < -0.4 is 16.0 Å². The summed E-state index contributed by atoms with van der Waals surface area (Å²) >= 11 is 0. The van der Waals surface area contributed by atoms with Crippen LogP contribution in [0.3, 0.4) is 0 Å². The van der Waals surface area contributed by atoms with Gasteiger partial charge >= 0.3 is 6.09 Å². The van der Waals surface area contributed by atoms with Gasteiger partial charge in [0.25, 0.3) is 0 Å². The first-order valence-electron chi connectivity index (χ1n) is 10.2. The molecule has 0 unspecified atom stereocenters. The van der Waals surface area contributed by atoms with E-state index in [1.54, 1.807) is 7.05 Å². The molecule has 27 heavy (non-hydrogen) atoms. The molecule has 0 aromatic rings. The van der Waals surface area contributed by atoms with Crippen LogP contribution in [-0.2, 0) is 4.74 Å². The van der Waals surface area contributed by atoms with Crippen LogP contribution >= 0.6 is 0 Å². The van der Waals surface area contributed by atoms with Gasteiger partial charge in [0.15, 0.2) is 5.96 Å². The van der Waals surface area contributed by atoms with E-state index in [-0.39, 0.29) is 0 Å². The van der Waals surface area contributed by atoms with Gasteiger partial charge in [0.1, 0.15) is 5.60 Å². The Morgan fingerprint density at radius 3 is 2.33 bits per heavy atom. The lowest BCUT2D eigenvalue weighted by atomic mass is 9.99. The first kappa shape index (κ1) is 23.5. The van der Waals surface area contributed by atoms with Gasteiger partial charge in [-0.2, -0.15) is 0 Å². The van der Waals surface area contributed by atoms with E-state index in [0.29, 0.717) is 6.54 Å². The molecule has 158 valence electrons. The molecule has 0 aromatic carbocycles. The van der Waals surface area contributed by atoms with Gasteiger partial charge in [-0.25, -0.2) is 4.79 Å². The van der Waals surface area contributed by atoms with Crippen LogP contribution in [0.25, 0.3) is 0 Å². The monoisotopic (exact) mass is 383 g/mol. The third-order valence-electron chi connectivity index (χ3n) is 4.58. The lowest BCUT2D eigenvalue weighted by molar-refractivity contribution is 0.0474. The van der Waals surface area contributed by atoms with Crippen LogP contribution in [0.4, 0.5) is 4.79 Å². The molecule has 1 aliphatic rings. The number of guanidine groups is 1. The minimum absolute atomic E-state index is 0.409. The highest BCUT2D eigenvalue weighted by Crippen LogP contribution is 2.15. The van der Waals surface area contributed by atoms with Crippen molar-refractivity contribution in [2.45, 2.75) is 71.9 Å². The highest BCUT2D eigenvalue weighted by molar-refractivity contribution is 5.79. The normalized spacial score (nSPS) is 17.5. The Balaban J connectivity index is 2.25. The van der Waals surface area contributed by atoms with Crippen molar-refractivity contribution in [2.24, 2.45) is 10.9 Å². The van der Waals surface area contributed by atoms with Crippen molar-refractivity contribution in [2.75, 3.05) is 39.8 Å². The average Bonchev–Trinajstić information content (AvgIpc) is 2.53. The van der Waals surface area contributed by atoms with Gasteiger partial charge in [0.05, 0.1) is 5.54 Å². The number of alkyl carbamates (subject to hydrolysis) is 1. The molecule has 1 heterocycles. The second kappa shape index (κ2) is 10.7. The molecule has 0 aromatic heterocycles. The van der Waals surface area contributed by atoms with Crippen molar-refractivity contribution in [3.05, 3.63) is 0 Å². The fraction of sp³-hybridized carbons (Fsp3) is 0.900. The van der Waals surface area contributed by atoms with Gasteiger partial charge in [-0.1, -0.05) is 6.92 Å². The van der Waals surface area contributed by atoms with Crippen LogP contribution in [0.5, 0.6) is 0 Å². The van der Waals surface area contributed by atoms with Gasteiger partial charge in [-0.05, 0) is 79.4 Å². The molecule has 7 nitrogen and oxygen atoms in total. The van der Waals surface area contributed by atoms with Crippen molar-refractivity contribution < 1.29 is 9.53 Å². The summed E-state index contributed by atoms with van der Waals surface area (Å²) in [7, 11) is 1.76. The minimum atomic E-state index is -0.502. The number of nitrogens with zero attached hydrogens (tertiary/aromatic N) is 2. The van der Waals surface area contributed by atoms with Gasteiger partial charge < -0.3 is 25.6 Å². The molecular weight excluding hydrogens is 342 g/mol. The maximum atomic E-state index is 12.0. The van der Waals surface area contributed by atoms with Crippen molar-refractivity contribution in [1.29, 1.82) is 0 Å². The van der Waals surface area contributed by atoms with E-state index in [1.165, 1.54) is 25.9 Å². The maximum Gasteiger partial charge on any atom is 0.408 e. The van der Waals surface area contributed by atoms with E-state index >= 15 is 0 Å². The number of hydrogen-bond donors (Lipinski definition) is 3. The Bertz CT molecular complexity index is 477. The summed E-state index contributed by atoms with van der Waals surface area (Å²) in [6.45, 7) is 16.8. The first-order chi connectivity index (χ1) is 12.5. The summed E-state index contributed by atoms with van der Waals surface area (Å²) < 4.78 is 5.32. The Morgan fingerprint density at radius 2 is 1.78 bits per heavy atom. The van der Waals surface area contributed by atoms with E-state index in [4.69, 9.17) is 4.74 Å². The summed E-state index contributed by atoms with van der Waals surface area (Å²) in [5.41, 5.74) is -0.956. The van der Waals surface area contributed by atoms with Crippen LogP contribution in [0.1, 0.15) is 60.8 Å². The predicted molar refractivity (Wildman–Crippen MR) is 112 cm³/mol. The number of rotatable bonds is 7. The number of piperidine rings is 1. The number of ether oxygens (including phenoxy) is 1. The third-order valence-corrected chi connectivity index (χ3v) is 4.58. The van der Waals surface area contributed by atoms with Crippen LogP contribution in [0, 0.1) is 5.92 Å². The molecule has 1 fully saturated rings. The van der Waals surface area contributed by atoms with E-state index in [9.17, 15) is 4.79 Å². The van der Waals surface area contributed by atoms with Gasteiger partial charge in [-0.15, -0.1) is 0 Å². The zero-order valence-corrected chi connectivity index (χ0v) is 18.4. The van der Waals surface area contributed by atoms with Crippen molar-refractivity contribution >= 4 is 12.1 Å². The minimum Gasteiger partial charge on any atom is -0.444 e. The summed E-state index contributed by atoms with van der Waals surface area (Å²) in [5.74, 6) is 1.63. The number of nitrogens with one attached hydrogen (secondary N) is 3. The maximum absolute atomic E-state index is 12.0. The van der Waals surface area contributed by atoms with Crippen LogP contribution in [0.2, 0.25) is 0 Å². The predicted octanol–water partition coefficient (Wildman–Crippen LogP) is 2.58. The molecule has 7 heteroatoms. The molecule has 1 amide bonds. The number of carbonyl (C=O) groups is 1. The fourth-order valence-electron chi connectivity index (χ4n) is 2.94. The molecule has 0 aliphatic carbocycles. The van der Waals surface area contributed by atoms with Gasteiger partial charge in [0.2, 0.25) is 0 Å². The van der Waals surface area contributed by atoms with E-state index in [2.05, 4.69) is 32.8 Å². The molecule has 0 atom stereocenters. The van der Waals surface area contributed by atoms with E-state index < -0.39 is 17.2 Å². The zero-order valence-electron chi connectivity index (χ0n) is 18.4. The molecule has 1 saturated heterocycles. The largest absolute Gasteiger partial charge is 0.444 e. The molecule has 1 aliphatic heterocycles. The second-order valence-electron chi connectivity index (χ2n) is 9.24. The summed E-state index contributed by atoms with van der Waals surface area (Å²) in [4.78, 5) is 18.8. The zero-order chi connectivity index (χ0) is 20.5.